The van der Waals surface area contributed by atoms with Crippen molar-refractivity contribution in [2.45, 2.75) is 70.1 Å². The van der Waals surface area contributed by atoms with Gasteiger partial charge in [0, 0.05) is 37.5 Å². The van der Waals surface area contributed by atoms with Crippen molar-refractivity contribution in [3.05, 3.63) is 40.1 Å². The molecule has 2 aliphatic carbocycles. The van der Waals surface area contributed by atoms with Crippen LogP contribution >= 0.6 is 11.6 Å². The molecule has 41 heavy (non-hydrogen) atoms. The number of nitrogens with one attached hydrogen (secondary N) is 1. The average molecular weight is 586 g/mol. The molecule has 3 aliphatic rings. The van der Waals surface area contributed by atoms with E-state index in [0.29, 0.717) is 76.9 Å². The van der Waals surface area contributed by atoms with E-state index in [4.69, 9.17) is 30.8 Å². The fraction of sp³-hybridized carbons (Fsp3) is 0.536. The van der Waals surface area contributed by atoms with Gasteiger partial charge in [0.05, 0.1) is 34.5 Å². The number of halogens is 3. The van der Waals surface area contributed by atoms with Crippen LogP contribution in [0.1, 0.15) is 45.4 Å². The summed E-state index contributed by atoms with van der Waals surface area (Å²) >= 11 is 6.34. The van der Waals surface area contributed by atoms with E-state index in [1.54, 1.807) is 23.2 Å². The Kier molecular flexibility index (Phi) is 6.57. The van der Waals surface area contributed by atoms with E-state index in [1.807, 2.05) is 0 Å². The van der Waals surface area contributed by atoms with E-state index in [0.717, 1.165) is 25.7 Å². The monoisotopic (exact) mass is 585 g/mol. The first-order valence-corrected chi connectivity index (χ1v) is 14.5. The van der Waals surface area contributed by atoms with Crippen molar-refractivity contribution >= 4 is 28.6 Å². The van der Waals surface area contributed by atoms with Crippen molar-refractivity contribution in [1.29, 1.82) is 0 Å². The molecule has 0 radical (unpaired) electrons. The Hall–Kier alpha value is -3.38. The number of nitrogens with zero attached hydrogens (tertiary/aromatic N) is 6. The second kappa shape index (κ2) is 10.2. The summed E-state index contributed by atoms with van der Waals surface area (Å²) in [5.41, 5.74) is 2.71. The molecule has 1 N–H and O–H groups in total. The largest absolute Gasteiger partial charge is 0.439 e. The molecule has 1 aliphatic heterocycles. The van der Waals surface area contributed by atoms with Crippen molar-refractivity contribution in [2.75, 3.05) is 18.1 Å². The molecule has 10 nitrogen and oxygen atoms in total. The highest BCUT2D eigenvalue weighted by atomic mass is 35.5. The van der Waals surface area contributed by atoms with Gasteiger partial charge in [0.1, 0.15) is 11.7 Å². The zero-order valence-electron chi connectivity index (χ0n) is 22.5. The molecule has 13 heteroatoms. The summed E-state index contributed by atoms with van der Waals surface area (Å²) in [6.45, 7) is 3.53. The Balaban J connectivity index is 1.46. The van der Waals surface area contributed by atoms with Crippen LogP contribution in [-0.4, -0.2) is 60.9 Å². The number of ether oxygens (including phenoxy) is 1. The number of aromatic amines is 1. The summed E-state index contributed by atoms with van der Waals surface area (Å²) in [5, 5.41) is 4.24. The fourth-order valence-electron chi connectivity index (χ4n) is 6.69. The minimum Gasteiger partial charge on any atom is -0.374 e. The van der Waals surface area contributed by atoms with Crippen molar-refractivity contribution in [1.82, 2.24) is 29.7 Å². The van der Waals surface area contributed by atoms with Crippen molar-refractivity contribution in [2.24, 2.45) is 11.8 Å². The van der Waals surface area contributed by atoms with Crippen LogP contribution in [0, 0.1) is 11.8 Å². The molecule has 0 unspecified atom stereocenters. The van der Waals surface area contributed by atoms with E-state index >= 15 is 8.78 Å². The first kappa shape index (κ1) is 26.5. The lowest BCUT2D eigenvalue weighted by atomic mass is 9.83. The molecule has 5 heterocycles. The lowest BCUT2D eigenvalue weighted by Gasteiger charge is -2.41. The minimum absolute atomic E-state index is 0.138. The third kappa shape index (κ3) is 4.80. The molecule has 0 bridgehead atoms. The van der Waals surface area contributed by atoms with E-state index in [9.17, 15) is 4.79 Å². The molecule has 2 atom stereocenters. The molecule has 4 aromatic heterocycles. The van der Waals surface area contributed by atoms with E-state index < -0.39 is 23.8 Å². The third-order valence-corrected chi connectivity index (χ3v) is 8.95. The molecule has 3 fully saturated rings. The Labute approximate surface area is 239 Å². The number of alkyl halides is 2. The van der Waals surface area contributed by atoms with Crippen LogP contribution < -0.4 is 10.7 Å². The molecule has 0 spiro atoms. The Morgan fingerprint density at radius 2 is 1.98 bits per heavy atom. The van der Waals surface area contributed by atoms with E-state index in [2.05, 4.69) is 26.6 Å². The summed E-state index contributed by atoms with van der Waals surface area (Å²) in [7, 11) is 0. The number of anilines is 1. The van der Waals surface area contributed by atoms with Crippen LogP contribution in [0.3, 0.4) is 0 Å². The van der Waals surface area contributed by atoms with Gasteiger partial charge in [0.2, 0.25) is 11.8 Å². The van der Waals surface area contributed by atoms with Gasteiger partial charge in [-0.05, 0) is 43.2 Å². The van der Waals surface area contributed by atoms with E-state index in [1.165, 1.54) is 6.20 Å². The molecular formula is C28H30ClF2N7O3. The number of fused-ring (bicyclic) bond motifs is 2. The molecule has 0 amide bonds. The van der Waals surface area contributed by atoms with Gasteiger partial charge in [-0.25, -0.2) is 23.5 Å². The van der Waals surface area contributed by atoms with Gasteiger partial charge in [-0.15, -0.1) is 0 Å². The summed E-state index contributed by atoms with van der Waals surface area (Å²) < 4.78 is 43.3. The number of morpholine rings is 1. The standard InChI is InChI=1S/C28H30ClF2N7O3/c1-15-2-4-16(5-3-15)14-38-23-19(34-26(38)37-8-9-40-21-6-7-28(30,31)24(21)37)11-20(25-35-27(39)41-36-25)33-22(23)17-10-18(29)13-32-12-17/h10-13,15-16,21,24H,2-9,14H2,1H3,(H,35,36,39)/t15-,16-,21-,24+/m0/s1. The molecule has 7 rings (SSSR count). The quantitative estimate of drug-likeness (QED) is 0.335. The molecule has 2 saturated carbocycles. The maximum Gasteiger partial charge on any atom is 0.439 e. The third-order valence-electron chi connectivity index (χ3n) is 8.75. The minimum atomic E-state index is -2.91. The van der Waals surface area contributed by atoms with Gasteiger partial charge < -0.3 is 14.2 Å². The number of hydrogen-bond donors (Lipinski definition) is 1. The number of hydrogen-bond acceptors (Lipinski definition) is 8. The van der Waals surface area contributed by atoms with Crippen LogP contribution in [0.4, 0.5) is 14.7 Å². The second-order valence-corrected chi connectivity index (χ2v) is 12.0. The van der Waals surface area contributed by atoms with Crippen molar-refractivity contribution < 1.29 is 18.0 Å². The summed E-state index contributed by atoms with van der Waals surface area (Å²) in [4.78, 5) is 30.2. The molecule has 0 aromatic carbocycles. The highest BCUT2D eigenvalue weighted by Crippen LogP contribution is 2.45. The maximum atomic E-state index is 15.3. The van der Waals surface area contributed by atoms with Gasteiger partial charge in [0.25, 0.3) is 5.92 Å². The zero-order chi connectivity index (χ0) is 28.3. The van der Waals surface area contributed by atoms with Crippen LogP contribution in [0.2, 0.25) is 5.02 Å². The summed E-state index contributed by atoms with van der Waals surface area (Å²) in [5.74, 6) is -1.97. The van der Waals surface area contributed by atoms with Gasteiger partial charge in [0.15, 0.2) is 0 Å². The molecule has 4 aromatic rings. The summed E-state index contributed by atoms with van der Waals surface area (Å²) in [6, 6.07) is 2.35. The maximum absolute atomic E-state index is 15.3. The molecule has 216 valence electrons. The average Bonchev–Trinajstić information content (AvgIpc) is 3.64. The van der Waals surface area contributed by atoms with Crippen LogP contribution in [-0.2, 0) is 11.3 Å². The number of aromatic nitrogens is 6. The first-order valence-electron chi connectivity index (χ1n) is 14.1. The van der Waals surface area contributed by atoms with Crippen LogP contribution in [0.5, 0.6) is 0 Å². The number of rotatable bonds is 5. The van der Waals surface area contributed by atoms with Gasteiger partial charge in [-0.2, -0.15) is 0 Å². The Morgan fingerprint density at radius 1 is 1.15 bits per heavy atom. The van der Waals surface area contributed by atoms with Gasteiger partial charge in [-0.1, -0.05) is 36.5 Å². The normalized spacial score (nSPS) is 26.0. The first-order chi connectivity index (χ1) is 19.8. The second-order valence-electron chi connectivity index (χ2n) is 11.6. The number of imidazole rings is 1. The number of pyridine rings is 2. The summed E-state index contributed by atoms with van der Waals surface area (Å²) in [6.07, 6.45) is 7.05. The highest BCUT2D eigenvalue weighted by molar-refractivity contribution is 6.30. The van der Waals surface area contributed by atoms with Crippen LogP contribution in [0.25, 0.3) is 33.8 Å². The molecule has 1 saturated heterocycles. The van der Waals surface area contributed by atoms with E-state index in [-0.39, 0.29) is 12.2 Å². The van der Waals surface area contributed by atoms with Gasteiger partial charge >= 0.3 is 5.76 Å². The SMILES string of the molecule is C[C@H]1CC[C@H](Cn2c(N3CCO[C@H]4CCC(F)(F)[C@@H]43)nc3cc(-c4noc(=O)[nH]4)nc(-c4cncc(Cl)c4)c32)CC1. The topological polar surface area (TPSA) is 115 Å². The lowest BCUT2D eigenvalue weighted by Crippen LogP contribution is -2.56. The highest BCUT2D eigenvalue weighted by Gasteiger charge is 2.56. The van der Waals surface area contributed by atoms with Crippen molar-refractivity contribution in [3.8, 4) is 22.8 Å². The Bertz CT molecular complexity index is 1650. The fourth-order valence-corrected chi connectivity index (χ4v) is 6.87. The van der Waals surface area contributed by atoms with Crippen LogP contribution in [0.15, 0.2) is 33.8 Å². The van der Waals surface area contributed by atoms with Gasteiger partial charge in [-0.3, -0.25) is 14.5 Å². The lowest BCUT2D eigenvalue weighted by molar-refractivity contribution is -0.0583. The number of H-pyrrole nitrogens is 1. The molecular weight excluding hydrogens is 556 g/mol. The predicted octanol–water partition coefficient (Wildman–Crippen LogP) is 5.32. The Morgan fingerprint density at radius 3 is 2.73 bits per heavy atom. The van der Waals surface area contributed by atoms with Crippen molar-refractivity contribution in [3.63, 3.8) is 0 Å². The smallest absolute Gasteiger partial charge is 0.374 e. The zero-order valence-corrected chi connectivity index (χ0v) is 23.3. The predicted molar refractivity (Wildman–Crippen MR) is 148 cm³/mol.